The molecule has 3 fully saturated rings. The van der Waals surface area contributed by atoms with Crippen LogP contribution in [0, 0.1) is 5.41 Å². The number of anilines is 1. The first kappa shape index (κ1) is 28.1. The van der Waals surface area contributed by atoms with E-state index in [1.54, 1.807) is 11.0 Å². The van der Waals surface area contributed by atoms with Crippen LogP contribution in [0.1, 0.15) is 42.9 Å². The van der Waals surface area contributed by atoms with E-state index < -0.39 is 5.41 Å². The van der Waals surface area contributed by atoms with Gasteiger partial charge in [0.1, 0.15) is 6.33 Å². The van der Waals surface area contributed by atoms with Crippen LogP contribution in [0.15, 0.2) is 54.9 Å². The van der Waals surface area contributed by atoms with Crippen LogP contribution in [0.2, 0.25) is 0 Å². The highest BCUT2D eigenvalue weighted by Crippen LogP contribution is 2.43. The number of carbonyl (C=O) groups excluding carboxylic acids is 2. The Hall–Kier alpha value is -4.35. The van der Waals surface area contributed by atoms with Gasteiger partial charge in [0.15, 0.2) is 5.82 Å². The van der Waals surface area contributed by atoms with Crippen molar-refractivity contribution in [2.24, 2.45) is 12.5 Å². The molecular weight excluding hydrogens is 568 g/mol. The molecule has 11 nitrogen and oxygen atoms in total. The summed E-state index contributed by atoms with van der Waals surface area (Å²) in [7, 11) is 1.86. The number of rotatable bonds is 6. The summed E-state index contributed by atoms with van der Waals surface area (Å²) in [6.07, 6.45) is 7.28. The highest BCUT2D eigenvalue weighted by molar-refractivity contribution is 6.02. The summed E-state index contributed by atoms with van der Waals surface area (Å²) in [4.78, 5) is 37.6. The zero-order valence-electron chi connectivity index (χ0n) is 25.6. The maximum Gasteiger partial charge on any atom is 0.237 e. The van der Waals surface area contributed by atoms with E-state index in [0.29, 0.717) is 51.1 Å². The van der Waals surface area contributed by atoms with Crippen LogP contribution in [-0.2, 0) is 21.4 Å². The molecule has 0 aliphatic carbocycles. The van der Waals surface area contributed by atoms with Gasteiger partial charge < -0.3 is 14.5 Å². The summed E-state index contributed by atoms with van der Waals surface area (Å²) in [6.45, 7) is 5.25. The zero-order chi connectivity index (χ0) is 30.5. The fourth-order valence-electron chi connectivity index (χ4n) is 7.55. The maximum atomic E-state index is 13.9. The molecule has 2 aromatic heterocycles. The predicted molar refractivity (Wildman–Crippen MR) is 170 cm³/mol. The normalized spacial score (nSPS) is 24.0. The van der Waals surface area contributed by atoms with Gasteiger partial charge in [-0.1, -0.05) is 30.3 Å². The van der Waals surface area contributed by atoms with Gasteiger partial charge in [0.2, 0.25) is 11.8 Å². The van der Waals surface area contributed by atoms with Crippen molar-refractivity contribution >= 4 is 34.0 Å². The minimum absolute atomic E-state index is 0.134. The Morgan fingerprint density at radius 1 is 1.09 bits per heavy atom. The van der Waals surface area contributed by atoms with Gasteiger partial charge in [-0.3, -0.25) is 24.3 Å². The van der Waals surface area contributed by atoms with Crippen LogP contribution in [-0.4, -0.2) is 99.1 Å². The number of ether oxygens (including phenoxy) is 1. The van der Waals surface area contributed by atoms with E-state index in [-0.39, 0.29) is 11.8 Å². The SMILES string of the molecule is Cn1cnc(-c2ccc(C3=CCN(C(=O)CN4CC[C@]5(CCN(c6ccc7n[nH]c(C8CCOC8)c7c6)C5=O)C4)CC3)cc2)n1. The van der Waals surface area contributed by atoms with E-state index in [9.17, 15) is 9.59 Å². The molecule has 4 aliphatic rings. The van der Waals surface area contributed by atoms with Gasteiger partial charge in [0.05, 0.1) is 24.1 Å². The van der Waals surface area contributed by atoms with Crippen LogP contribution < -0.4 is 4.90 Å². The van der Waals surface area contributed by atoms with Gasteiger partial charge in [-0.25, -0.2) is 4.98 Å². The molecule has 0 radical (unpaired) electrons. The van der Waals surface area contributed by atoms with E-state index in [1.807, 2.05) is 29.0 Å². The smallest absolute Gasteiger partial charge is 0.237 e. The molecule has 0 bridgehead atoms. The molecule has 2 aromatic carbocycles. The van der Waals surface area contributed by atoms with Crippen molar-refractivity contribution in [1.29, 1.82) is 0 Å². The van der Waals surface area contributed by atoms with Crippen LogP contribution in [0.25, 0.3) is 27.9 Å². The van der Waals surface area contributed by atoms with Gasteiger partial charge in [-0.15, -0.1) is 0 Å². The first-order valence-corrected chi connectivity index (χ1v) is 16.0. The number of aromatic nitrogens is 5. The first-order valence-electron chi connectivity index (χ1n) is 16.0. The van der Waals surface area contributed by atoms with Gasteiger partial charge in [-0.2, -0.15) is 10.2 Å². The lowest BCUT2D eigenvalue weighted by Gasteiger charge is -2.29. The molecule has 45 heavy (non-hydrogen) atoms. The number of nitrogens with zero attached hydrogens (tertiary/aromatic N) is 7. The molecule has 2 atom stereocenters. The van der Waals surface area contributed by atoms with Crippen LogP contribution in [0.5, 0.6) is 0 Å². The standard InChI is InChI=1S/C34H38N8O3/c1-39-22-35-32(38-39)25-4-2-23(3-5-25)24-8-13-41(14-9-24)30(43)19-40-15-11-34(21-40)12-16-42(33(34)44)27-6-7-29-28(18-27)31(37-36-29)26-10-17-45-20-26/h2-8,18,22,26H,9-17,19-21H2,1H3,(H,36,37)/t26?,34-/m0/s1. The molecule has 6 heterocycles. The Morgan fingerprint density at radius 2 is 1.93 bits per heavy atom. The zero-order valence-corrected chi connectivity index (χ0v) is 25.6. The summed E-state index contributed by atoms with van der Waals surface area (Å²) in [5.74, 6) is 1.35. The fourth-order valence-corrected chi connectivity index (χ4v) is 7.55. The third kappa shape index (κ3) is 5.13. The fraction of sp³-hybridized carbons (Fsp3) is 0.441. The molecule has 1 spiro atoms. The third-order valence-electron chi connectivity index (χ3n) is 10.2. The van der Waals surface area contributed by atoms with E-state index >= 15 is 0 Å². The molecule has 1 N–H and O–H groups in total. The Kier molecular flexibility index (Phi) is 7.02. The minimum Gasteiger partial charge on any atom is -0.381 e. The van der Waals surface area contributed by atoms with Crippen molar-refractivity contribution in [2.45, 2.75) is 31.6 Å². The predicted octanol–water partition coefficient (Wildman–Crippen LogP) is 3.61. The number of hydrogen-bond donors (Lipinski definition) is 1. The number of carbonyl (C=O) groups is 2. The van der Waals surface area contributed by atoms with Crippen molar-refractivity contribution in [3.8, 4) is 11.4 Å². The van der Waals surface area contributed by atoms with Gasteiger partial charge in [0, 0.05) is 68.1 Å². The Labute approximate surface area is 261 Å². The summed E-state index contributed by atoms with van der Waals surface area (Å²) in [6, 6.07) is 14.5. The molecule has 1 unspecified atom stereocenters. The molecule has 4 aliphatic heterocycles. The second kappa shape index (κ2) is 11.2. The summed E-state index contributed by atoms with van der Waals surface area (Å²) in [5, 5.41) is 13.2. The third-order valence-corrected chi connectivity index (χ3v) is 10.2. The van der Waals surface area contributed by atoms with E-state index in [0.717, 1.165) is 66.7 Å². The van der Waals surface area contributed by atoms with Crippen LogP contribution in [0.3, 0.4) is 0 Å². The van der Waals surface area contributed by atoms with E-state index in [2.05, 4.69) is 61.6 Å². The number of H-pyrrole nitrogens is 1. The molecule has 3 saturated heterocycles. The van der Waals surface area contributed by atoms with Crippen LogP contribution in [0.4, 0.5) is 5.69 Å². The van der Waals surface area contributed by atoms with Crippen LogP contribution >= 0.6 is 0 Å². The summed E-state index contributed by atoms with van der Waals surface area (Å²) < 4.78 is 7.31. The largest absolute Gasteiger partial charge is 0.381 e. The van der Waals surface area contributed by atoms with Crippen molar-refractivity contribution in [3.63, 3.8) is 0 Å². The average molecular weight is 607 g/mol. The lowest BCUT2D eigenvalue weighted by molar-refractivity contribution is -0.132. The number of benzene rings is 2. The highest BCUT2D eigenvalue weighted by Gasteiger charge is 2.51. The molecule has 8 rings (SSSR count). The van der Waals surface area contributed by atoms with Gasteiger partial charge in [-0.05, 0) is 61.6 Å². The number of nitrogens with one attached hydrogen (secondary N) is 1. The molecular formula is C34H38N8O3. The number of amides is 2. The lowest BCUT2D eigenvalue weighted by Crippen LogP contribution is -2.43. The Balaban J connectivity index is 0.883. The molecule has 232 valence electrons. The lowest BCUT2D eigenvalue weighted by atomic mass is 9.85. The number of aromatic amines is 1. The first-order chi connectivity index (χ1) is 22.0. The maximum absolute atomic E-state index is 13.9. The molecule has 4 aromatic rings. The number of aryl methyl sites for hydroxylation is 1. The van der Waals surface area contributed by atoms with E-state index in [1.165, 1.54) is 11.1 Å². The van der Waals surface area contributed by atoms with Gasteiger partial charge in [0.25, 0.3) is 0 Å². The topological polar surface area (TPSA) is 112 Å². The van der Waals surface area contributed by atoms with Gasteiger partial charge >= 0.3 is 0 Å². The van der Waals surface area contributed by atoms with Crippen molar-refractivity contribution in [3.05, 3.63) is 66.1 Å². The minimum atomic E-state index is -0.417. The Morgan fingerprint density at radius 3 is 2.69 bits per heavy atom. The number of likely N-dealkylation sites (tertiary alicyclic amines) is 1. The second-order valence-corrected chi connectivity index (χ2v) is 13.0. The summed E-state index contributed by atoms with van der Waals surface area (Å²) >= 11 is 0. The van der Waals surface area contributed by atoms with Crippen molar-refractivity contribution in [2.75, 3.05) is 57.4 Å². The molecule has 0 saturated carbocycles. The average Bonchev–Trinajstić information content (AvgIpc) is 3.91. The number of fused-ring (bicyclic) bond motifs is 1. The molecule has 2 amide bonds. The van der Waals surface area contributed by atoms with Crippen molar-refractivity contribution < 1.29 is 14.3 Å². The van der Waals surface area contributed by atoms with Crippen molar-refractivity contribution in [1.82, 2.24) is 34.8 Å². The quantitative estimate of drug-likeness (QED) is 0.357. The second-order valence-electron chi connectivity index (χ2n) is 13.0. The Bertz CT molecular complexity index is 1790. The van der Waals surface area contributed by atoms with E-state index in [4.69, 9.17) is 4.74 Å². The summed E-state index contributed by atoms with van der Waals surface area (Å²) in [5.41, 5.74) is 5.95. The monoisotopic (exact) mass is 606 g/mol. The highest BCUT2D eigenvalue weighted by atomic mass is 16.5. The molecule has 11 heteroatoms. The number of hydrogen-bond acceptors (Lipinski definition) is 7.